The predicted octanol–water partition coefficient (Wildman–Crippen LogP) is 0.539. The van der Waals surface area contributed by atoms with Gasteiger partial charge in [-0.05, 0) is 32.6 Å². The Kier molecular flexibility index (Phi) is 11.3. The van der Waals surface area contributed by atoms with E-state index in [4.69, 9.17) is 16.6 Å². The molecule has 0 rings (SSSR count). The zero-order valence-corrected chi connectivity index (χ0v) is 13.7. The fraction of sp³-hybridized carbons (Fsp3) is 0.733. The zero-order chi connectivity index (χ0) is 17.7. The molecule has 0 heterocycles. The molecule has 0 aliphatic heterocycles. The molecule has 0 aliphatic carbocycles. The van der Waals surface area contributed by atoms with Crippen molar-refractivity contribution in [3.63, 3.8) is 0 Å². The van der Waals surface area contributed by atoms with E-state index in [1.165, 1.54) is 0 Å². The lowest BCUT2D eigenvalue weighted by Crippen LogP contribution is -2.40. The van der Waals surface area contributed by atoms with Crippen molar-refractivity contribution in [3.8, 4) is 0 Å². The van der Waals surface area contributed by atoms with Crippen molar-refractivity contribution in [1.29, 1.82) is 0 Å². The lowest BCUT2D eigenvalue weighted by Gasteiger charge is -2.14. The Morgan fingerprint density at radius 3 is 2.17 bits per heavy atom. The minimum atomic E-state index is -1.07. The van der Waals surface area contributed by atoms with Crippen LogP contribution in [0.25, 0.3) is 0 Å². The van der Waals surface area contributed by atoms with Gasteiger partial charge in [-0.15, -0.1) is 0 Å². The first-order chi connectivity index (χ1) is 10.8. The van der Waals surface area contributed by atoms with E-state index in [1.807, 2.05) is 0 Å². The van der Waals surface area contributed by atoms with Crippen LogP contribution in [0.1, 0.15) is 58.3 Å². The average molecular weight is 328 g/mol. The molecule has 23 heavy (non-hydrogen) atoms. The Hall–Kier alpha value is -2.12. The van der Waals surface area contributed by atoms with Crippen LogP contribution in [0.15, 0.2) is 4.99 Å². The van der Waals surface area contributed by atoms with Gasteiger partial charge in [-0.2, -0.15) is 0 Å². The van der Waals surface area contributed by atoms with Crippen molar-refractivity contribution in [2.75, 3.05) is 6.54 Å². The number of Topliss-reactive ketones (excluding diaryl/α,β-unsaturated/α-hetero) is 1. The molecule has 1 amide bonds. The summed E-state index contributed by atoms with van der Waals surface area (Å²) in [6, 6.07) is -0.922. The van der Waals surface area contributed by atoms with Crippen LogP contribution < -0.4 is 16.8 Å². The van der Waals surface area contributed by atoms with Gasteiger partial charge in [0.15, 0.2) is 5.96 Å². The first kappa shape index (κ1) is 20.9. The van der Waals surface area contributed by atoms with Crippen LogP contribution >= 0.6 is 0 Å². The maximum atomic E-state index is 11.7. The lowest BCUT2D eigenvalue weighted by molar-refractivity contribution is -0.142. The molecule has 0 aromatic carbocycles. The summed E-state index contributed by atoms with van der Waals surface area (Å²) >= 11 is 0. The minimum absolute atomic E-state index is 0.0364. The Labute approximate surface area is 136 Å². The quantitative estimate of drug-likeness (QED) is 0.220. The number of carbonyl (C=O) groups excluding carboxylic acids is 2. The molecule has 1 atom stereocenters. The normalized spacial score (nSPS) is 11.5. The molecule has 8 heteroatoms. The van der Waals surface area contributed by atoms with Gasteiger partial charge in [0, 0.05) is 19.4 Å². The summed E-state index contributed by atoms with van der Waals surface area (Å²) in [6.45, 7) is 1.89. The maximum Gasteiger partial charge on any atom is 0.326 e. The van der Waals surface area contributed by atoms with Crippen LogP contribution in [0.2, 0.25) is 0 Å². The van der Waals surface area contributed by atoms with Crippen molar-refractivity contribution in [1.82, 2.24) is 5.32 Å². The SMILES string of the molecule is CC(=O)CCCCCCC(=O)N[C@@H](CCCN=C(N)N)C(=O)O. The number of carboxylic acids is 1. The number of nitrogens with one attached hydrogen (secondary N) is 1. The first-order valence-electron chi connectivity index (χ1n) is 7.90. The van der Waals surface area contributed by atoms with E-state index in [-0.39, 0.29) is 30.5 Å². The van der Waals surface area contributed by atoms with Crippen LogP contribution in [0, 0.1) is 0 Å². The zero-order valence-electron chi connectivity index (χ0n) is 13.7. The van der Waals surface area contributed by atoms with Gasteiger partial charge in [0.2, 0.25) is 5.91 Å². The van der Waals surface area contributed by atoms with E-state index < -0.39 is 12.0 Å². The molecule has 8 nitrogen and oxygen atoms in total. The number of guanidine groups is 1. The lowest BCUT2D eigenvalue weighted by atomic mass is 10.1. The summed E-state index contributed by atoms with van der Waals surface area (Å²) in [6.07, 6.45) is 4.87. The number of rotatable bonds is 13. The van der Waals surface area contributed by atoms with Crippen LogP contribution in [-0.2, 0) is 14.4 Å². The molecule has 132 valence electrons. The molecule has 0 aromatic rings. The van der Waals surface area contributed by atoms with Crippen LogP contribution in [0.4, 0.5) is 0 Å². The van der Waals surface area contributed by atoms with E-state index in [9.17, 15) is 14.4 Å². The third-order valence-corrected chi connectivity index (χ3v) is 3.26. The van der Waals surface area contributed by atoms with Gasteiger partial charge in [-0.3, -0.25) is 9.79 Å². The summed E-state index contributed by atoms with van der Waals surface area (Å²) in [5.41, 5.74) is 10.4. The van der Waals surface area contributed by atoms with E-state index in [2.05, 4.69) is 10.3 Å². The largest absolute Gasteiger partial charge is 0.480 e. The fourth-order valence-electron chi connectivity index (χ4n) is 2.04. The smallest absolute Gasteiger partial charge is 0.326 e. The van der Waals surface area contributed by atoms with Gasteiger partial charge < -0.3 is 26.7 Å². The Bertz CT molecular complexity index is 420. The third-order valence-electron chi connectivity index (χ3n) is 3.26. The standard InChI is InChI=1S/C15H28N4O4/c1-11(20)7-4-2-3-5-9-13(21)19-12(14(22)23)8-6-10-18-15(16)17/h12H,2-10H2,1H3,(H,19,21)(H,22,23)(H4,16,17,18)/t12-/m0/s1. The number of carboxylic acid groups (broad SMARTS) is 1. The average Bonchev–Trinajstić information content (AvgIpc) is 2.45. The molecule has 0 aromatic heterocycles. The Balaban J connectivity index is 3.90. The second-order valence-electron chi connectivity index (χ2n) is 5.52. The number of amides is 1. The number of aliphatic imine (C=N–C) groups is 1. The molecular formula is C15H28N4O4. The van der Waals surface area contributed by atoms with Gasteiger partial charge in [0.25, 0.3) is 0 Å². The summed E-state index contributed by atoms with van der Waals surface area (Å²) in [4.78, 5) is 37.4. The van der Waals surface area contributed by atoms with Crippen LogP contribution in [0.5, 0.6) is 0 Å². The molecule has 0 saturated carbocycles. The fourth-order valence-corrected chi connectivity index (χ4v) is 2.04. The van der Waals surface area contributed by atoms with E-state index >= 15 is 0 Å². The highest BCUT2D eigenvalue weighted by molar-refractivity contribution is 5.83. The number of hydrogen-bond donors (Lipinski definition) is 4. The highest BCUT2D eigenvalue weighted by Crippen LogP contribution is 2.06. The Morgan fingerprint density at radius 1 is 1.04 bits per heavy atom. The molecule has 0 radical (unpaired) electrons. The summed E-state index contributed by atoms with van der Waals surface area (Å²) < 4.78 is 0. The number of nitrogens with zero attached hydrogens (tertiary/aromatic N) is 1. The summed E-state index contributed by atoms with van der Waals surface area (Å²) in [7, 11) is 0. The highest BCUT2D eigenvalue weighted by Gasteiger charge is 2.18. The summed E-state index contributed by atoms with van der Waals surface area (Å²) in [5, 5.41) is 11.6. The third kappa shape index (κ3) is 13.3. The number of ketones is 1. The molecule has 0 unspecified atom stereocenters. The van der Waals surface area contributed by atoms with Crippen LogP contribution in [-0.4, -0.2) is 41.3 Å². The van der Waals surface area contributed by atoms with Gasteiger partial charge in [0.1, 0.15) is 11.8 Å². The van der Waals surface area contributed by atoms with Crippen LogP contribution in [0.3, 0.4) is 0 Å². The molecule has 6 N–H and O–H groups in total. The van der Waals surface area contributed by atoms with E-state index in [0.717, 1.165) is 19.3 Å². The molecular weight excluding hydrogens is 300 g/mol. The number of nitrogens with two attached hydrogens (primary N) is 2. The molecule has 0 aliphatic rings. The topological polar surface area (TPSA) is 148 Å². The minimum Gasteiger partial charge on any atom is -0.480 e. The molecule has 0 bridgehead atoms. The van der Waals surface area contributed by atoms with Crippen molar-refractivity contribution in [3.05, 3.63) is 0 Å². The van der Waals surface area contributed by atoms with Gasteiger partial charge in [-0.25, -0.2) is 4.79 Å². The number of unbranched alkanes of at least 4 members (excludes halogenated alkanes) is 3. The number of carbonyl (C=O) groups is 3. The van der Waals surface area contributed by atoms with Gasteiger partial charge in [-0.1, -0.05) is 12.8 Å². The molecule has 0 spiro atoms. The molecule has 0 saturated heterocycles. The van der Waals surface area contributed by atoms with E-state index in [1.54, 1.807) is 6.92 Å². The van der Waals surface area contributed by atoms with Crippen molar-refractivity contribution < 1.29 is 19.5 Å². The van der Waals surface area contributed by atoms with Crippen molar-refractivity contribution in [2.45, 2.75) is 64.3 Å². The monoisotopic (exact) mass is 328 g/mol. The van der Waals surface area contributed by atoms with E-state index in [0.29, 0.717) is 25.8 Å². The second kappa shape index (κ2) is 12.4. The second-order valence-corrected chi connectivity index (χ2v) is 5.52. The van der Waals surface area contributed by atoms with Crippen molar-refractivity contribution >= 4 is 23.6 Å². The summed E-state index contributed by atoms with van der Waals surface area (Å²) in [5.74, 6) is -1.20. The maximum absolute atomic E-state index is 11.7. The van der Waals surface area contributed by atoms with Gasteiger partial charge >= 0.3 is 5.97 Å². The first-order valence-corrected chi connectivity index (χ1v) is 7.90. The number of aliphatic carboxylic acids is 1. The highest BCUT2D eigenvalue weighted by atomic mass is 16.4. The Morgan fingerprint density at radius 2 is 1.65 bits per heavy atom. The predicted molar refractivity (Wildman–Crippen MR) is 87.9 cm³/mol. The van der Waals surface area contributed by atoms with Gasteiger partial charge in [0.05, 0.1) is 0 Å². The molecule has 0 fully saturated rings. The van der Waals surface area contributed by atoms with Crippen molar-refractivity contribution in [2.24, 2.45) is 16.5 Å². The number of hydrogen-bond acceptors (Lipinski definition) is 4.